The van der Waals surface area contributed by atoms with Crippen LogP contribution < -0.4 is 9.47 Å². The minimum atomic E-state index is -4.84. The zero-order valence-corrected chi connectivity index (χ0v) is 29.3. The van der Waals surface area contributed by atoms with Crippen LogP contribution in [0.3, 0.4) is 0 Å². The van der Waals surface area contributed by atoms with Gasteiger partial charge >= 0.3 is 12.7 Å². The number of aliphatic hydroxyl groups excluding tert-OH is 1. The van der Waals surface area contributed by atoms with E-state index in [9.17, 15) is 31.4 Å². The van der Waals surface area contributed by atoms with Gasteiger partial charge in [0, 0.05) is 45.1 Å². The Morgan fingerprint density at radius 3 is 1.79 bits per heavy atom. The first-order valence-electron chi connectivity index (χ1n) is 13.8. The van der Waals surface area contributed by atoms with Crippen LogP contribution in [0.4, 0.5) is 26.3 Å². The molecule has 0 aliphatic heterocycles. The maximum Gasteiger partial charge on any atom is 0.573 e. The number of hydrogen-bond donors (Lipinski definition) is 1. The van der Waals surface area contributed by atoms with Crippen molar-refractivity contribution in [3.05, 3.63) is 92.9 Å². The van der Waals surface area contributed by atoms with Crippen molar-refractivity contribution in [3.8, 4) is 33.8 Å². The van der Waals surface area contributed by atoms with Gasteiger partial charge in [-0.1, -0.05) is 40.2 Å². The van der Waals surface area contributed by atoms with Gasteiger partial charge in [0.1, 0.15) is 23.4 Å². The summed E-state index contributed by atoms with van der Waals surface area (Å²) in [7, 11) is 3.50. The Labute approximate surface area is 293 Å². The number of aromatic nitrogens is 4. The highest BCUT2D eigenvalue weighted by molar-refractivity contribution is 9.11. The van der Waals surface area contributed by atoms with Gasteiger partial charge in [0.15, 0.2) is 0 Å². The number of alkyl halides is 7. The lowest BCUT2D eigenvalue weighted by Gasteiger charge is -2.17. The van der Waals surface area contributed by atoms with Gasteiger partial charge in [0.25, 0.3) is 0 Å². The van der Waals surface area contributed by atoms with E-state index in [2.05, 4.69) is 62.2 Å². The van der Waals surface area contributed by atoms with Gasteiger partial charge in [-0.2, -0.15) is 0 Å². The minimum Gasteiger partial charge on any atom is -0.406 e. The molecule has 2 aromatic heterocycles. The summed E-state index contributed by atoms with van der Waals surface area (Å²) < 4.78 is 89.4. The number of nitrogens with zero attached hydrogens (tertiary/aromatic N) is 4. The quantitative estimate of drug-likeness (QED) is 0.128. The van der Waals surface area contributed by atoms with Crippen LogP contribution in [0.5, 0.6) is 11.5 Å². The summed E-state index contributed by atoms with van der Waals surface area (Å²) in [4.78, 5) is 9.35. The van der Waals surface area contributed by atoms with E-state index in [1.54, 1.807) is 35.6 Å². The van der Waals surface area contributed by atoms with E-state index in [4.69, 9.17) is 4.98 Å². The molecule has 7 nitrogen and oxygen atoms in total. The smallest absolute Gasteiger partial charge is 0.406 e. The van der Waals surface area contributed by atoms with Crippen molar-refractivity contribution < 1.29 is 40.9 Å². The zero-order chi connectivity index (χ0) is 34.7. The maximum absolute atomic E-state index is 12.8. The van der Waals surface area contributed by atoms with E-state index in [1.165, 1.54) is 48.5 Å². The summed E-state index contributed by atoms with van der Waals surface area (Å²) >= 11 is 10.8. The predicted molar refractivity (Wildman–Crippen MR) is 178 cm³/mol. The third-order valence-electron chi connectivity index (χ3n) is 7.63. The molecule has 250 valence electrons. The van der Waals surface area contributed by atoms with E-state index in [-0.39, 0.29) is 17.3 Å². The van der Waals surface area contributed by atoms with Gasteiger partial charge in [0.05, 0.1) is 28.4 Å². The van der Waals surface area contributed by atoms with Crippen LogP contribution in [0.25, 0.3) is 44.3 Å². The molecular weight excluding hydrogens is 842 g/mol. The first kappa shape index (κ1) is 34.3. The molecule has 0 radical (unpaired) electrons. The van der Waals surface area contributed by atoms with Crippen LogP contribution in [0.2, 0.25) is 0 Å². The Morgan fingerprint density at radius 2 is 1.29 bits per heavy atom. The normalized spacial score (nSPS) is 13.0. The molecule has 0 spiro atoms. The molecule has 2 heterocycles. The number of benzene rings is 4. The molecule has 0 saturated carbocycles. The molecule has 1 atom stereocenters. The van der Waals surface area contributed by atoms with E-state index >= 15 is 0 Å². The Morgan fingerprint density at radius 1 is 0.771 bits per heavy atom. The molecule has 48 heavy (non-hydrogen) atoms. The fraction of sp³-hybridized carbons (Fsp3) is 0.188. The first-order chi connectivity index (χ1) is 22.6. The third kappa shape index (κ3) is 6.54. The van der Waals surface area contributed by atoms with Crippen molar-refractivity contribution in [1.82, 2.24) is 19.1 Å². The molecule has 1 unspecified atom stereocenters. The van der Waals surface area contributed by atoms with E-state index in [1.807, 2.05) is 6.07 Å². The minimum absolute atomic E-state index is 0.248. The fourth-order valence-electron chi connectivity index (χ4n) is 5.52. The molecule has 0 fully saturated rings. The highest BCUT2D eigenvalue weighted by atomic mass is 79.9. The number of rotatable bonds is 7. The Hall–Kier alpha value is -3.60. The van der Waals surface area contributed by atoms with Gasteiger partial charge in [-0.3, -0.25) is 0 Å². The average molecular weight is 863 g/mol. The number of aliphatic hydroxyl groups is 1. The summed E-state index contributed by atoms with van der Waals surface area (Å²) in [6.07, 6.45) is -9.41. The summed E-state index contributed by atoms with van der Waals surface area (Å²) in [5.74, 6) is -0.503. The van der Waals surface area contributed by atoms with Crippen LogP contribution >= 0.6 is 47.8 Å². The van der Waals surface area contributed by atoms with Crippen molar-refractivity contribution in [2.24, 2.45) is 14.1 Å². The lowest BCUT2D eigenvalue weighted by atomic mass is 9.98. The fourth-order valence-corrected chi connectivity index (χ4v) is 7.84. The van der Waals surface area contributed by atoms with Crippen molar-refractivity contribution in [1.29, 1.82) is 0 Å². The SMILES string of the molecule is Cn1cnc2c(-c3ccc(OC(F)(F)F)cc3)cc(C(O)c3nc4c(-c5ccc(OC(F)(F)F)cc5)cc(CBr)c(Br)c4n3C)c(Br)c21. The van der Waals surface area contributed by atoms with Gasteiger partial charge < -0.3 is 23.7 Å². The number of ether oxygens (including phenoxy) is 2. The van der Waals surface area contributed by atoms with E-state index < -0.39 is 18.8 Å². The first-order valence-corrected chi connectivity index (χ1v) is 16.5. The van der Waals surface area contributed by atoms with Crippen LogP contribution in [0, 0.1) is 0 Å². The summed E-state index contributed by atoms with van der Waals surface area (Å²) in [6.45, 7) is 0. The topological polar surface area (TPSA) is 74.3 Å². The molecule has 0 aliphatic carbocycles. The predicted octanol–water partition coefficient (Wildman–Crippen LogP) is 10.1. The highest BCUT2D eigenvalue weighted by Gasteiger charge is 2.32. The van der Waals surface area contributed by atoms with Crippen molar-refractivity contribution in [2.45, 2.75) is 24.2 Å². The summed E-state index contributed by atoms with van der Waals surface area (Å²) in [5, 5.41) is 12.4. The van der Waals surface area contributed by atoms with E-state index in [0.717, 1.165) is 5.56 Å². The number of halogens is 9. The molecule has 0 amide bonds. The van der Waals surface area contributed by atoms with Crippen molar-refractivity contribution >= 4 is 69.9 Å². The largest absolute Gasteiger partial charge is 0.573 e. The standard InChI is InChI=1S/C32H21Br3F6N4O3/c1-44-14-42-25-21(16-5-9-19(10-6-16)48-32(39,40)41)12-22(24(35)27(25)44)29(46)30-43-26-20(11-17(13-33)23(34)28(26)45(30)2)15-3-7-18(8-4-15)47-31(36,37)38/h3-12,14,29,46H,13H2,1-2H3. The van der Waals surface area contributed by atoms with Crippen LogP contribution in [0.1, 0.15) is 23.1 Å². The summed E-state index contributed by atoms with van der Waals surface area (Å²) in [5.41, 5.74) is 5.77. The molecule has 16 heteroatoms. The lowest BCUT2D eigenvalue weighted by Crippen LogP contribution is -2.16. The van der Waals surface area contributed by atoms with Crippen molar-refractivity contribution in [3.63, 3.8) is 0 Å². The summed E-state index contributed by atoms with van der Waals surface area (Å²) in [6, 6.07) is 14.3. The lowest BCUT2D eigenvalue weighted by molar-refractivity contribution is -0.275. The molecule has 6 aromatic rings. The Kier molecular flexibility index (Phi) is 9.06. The van der Waals surface area contributed by atoms with Crippen LogP contribution in [-0.4, -0.2) is 36.9 Å². The highest BCUT2D eigenvalue weighted by Crippen LogP contribution is 2.43. The second-order valence-electron chi connectivity index (χ2n) is 10.7. The Bertz CT molecular complexity index is 2160. The molecule has 1 N–H and O–H groups in total. The molecule has 4 aromatic carbocycles. The van der Waals surface area contributed by atoms with E-state index in [0.29, 0.717) is 64.2 Å². The third-order valence-corrected chi connectivity index (χ3v) is 9.95. The van der Waals surface area contributed by atoms with Crippen LogP contribution in [0.15, 0.2) is 75.9 Å². The number of fused-ring (bicyclic) bond motifs is 2. The Balaban J connectivity index is 1.49. The van der Waals surface area contributed by atoms with Gasteiger partial charge in [-0.25, -0.2) is 9.97 Å². The second-order valence-corrected chi connectivity index (χ2v) is 12.8. The molecule has 0 saturated heterocycles. The molecule has 0 aliphatic rings. The average Bonchev–Trinajstić information content (AvgIpc) is 3.57. The molecule has 6 rings (SSSR count). The monoisotopic (exact) mass is 860 g/mol. The number of aryl methyl sites for hydroxylation is 2. The van der Waals surface area contributed by atoms with Gasteiger partial charge in [-0.15, -0.1) is 26.3 Å². The second kappa shape index (κ2) is 12.7. The number of imidazole rings is 2. The zero-order valence-electron chi connectivity index (χ0n) is 24.6. The number of hydrogen-bond acceptors (Lipinski definition) is 5. The maximum atomic E-state index is 12.8. The van der Waals surface area contributed by atoms with Crippen LogP contribution in [-0.2, 0) is 19.4 Å². The van der Waals surface area contributed by atoms with Crippen molar-refractivity contribution in [2.75, 3.05) is 0 Å². The molecular formula is C32H21Br3F6N4O3. The van der Waals surface area contributed by atoms with Gasteiger partial charge in [0.2, 0.25) is 0 Å². The van der Waals surface area contributed by atoms with Gasteiger partial charge in [-0.05, 0) is 84.9 Å². The molecule has 0 bridgehead atoms.